The summed E-state index contributed by atoms with van der Waals surface area (Å²) >= 11 is 0. The van der Waals surface area contributed by atoms with E-state index in [9.17, 15) is 4.79 Å². The molecule has 0 bridgehead atoms. The molecule has 4 nitrogen and oxygen atoms in total. The molecule has 1 heterocycles. The van der Waals surface area contributed by atoms with Crippen LogP contribution in [0.5, 0.6) is 0 Å². The highest BCUT2D eigenvalue weighted by molar-refractivity contribution is 5.96. The van der Waals surface area contributed by atoms with Gasteiger partial charge in [0.2, 0.25) is 0 Å². The number of aryl methyl sites for hydroxylation is 1. The number of fused-ring (bicyclic) bond motifs is 1. The molecule has 0 saturated heterocycles. The Hall–Kier alpha value is -2.36. The van der Waals surface area contributed by atoms with Crippen molar-refractivity contribution in [2.45, 2.75) is 13.8 Å². The summed E-state index contributed by atoms with van der Waals surface area (Å²) in [6, 6.07) is 5.68. The largest absolute Gasteiger partial charge is 0.338 e. The number of carbonyl (C=O) groups is 1. The van der Waals surface area contributed by atoms with Gasteiger partial charge in [-0.05, 0) is 36.4 Å². The molecule has 98 valence electrons. The van der Waals surface area contributed by atoms with E-state index in [-0.39, 0.29) is 6.03 Å². The molecule has 0 aliphatic rings. The van der Waals surface area contributed by atoms with E-state index in [1.165, 1.54) is 0 Å². The Kier molecular flexibility index (Phi) is 3.80. The molecule has 2 N–H and O–H groups in total. The Balaban J connectivity index is 2.44. The molecular weight excluding hydrogens is 238 g/mol. The van der Waals surface area contributed by atoms with E-state index >= 15 is 0 Å². The first-order chi connectivity index (χ1) is 9.15. The first-order valence-corrected chi connectivity index (χ1v) is 6.22. The summed E-state index contributed by atoms with van der Waals surface area (Å²) in [6.07, 6.45) is 3.58. The Morgan fingerprint density at radius 2 is 2.21 bits per heavy atom. The van der Waals surface area contributed by atoms with Crippen molar-refractivity contribution < 1.29 is 4.79 Å². The average Bonchev–Trinajstić information content (AvgIpc) is 2.39. The van der Waals surface area contributed by atoms with Crippen molar-refractivity contribution in [1.82, 2.24) is 10.3 Å². The lowest BCUT2D eigenvalue weighted by molar-refractivity contribution is 0.252. The number of nitrogens with one attached hydrogen (secondary N) is 2. The molecular formula is C15H17N3O. The van der Waals surface area contributed by atoms with Gasteiger partial charge in [-0.3, -0.25) is 5.32 Å². The van der Waals surface area contributed by atoms with Crippen molar-refractivity contribution >= 4 is 28.7 Å². The highest BCUT2D eigenvalue weighted by Gasteiger charge is 2.06. The minimum absolute atomic E-state index is 0.248. The number of rotatable bonds is 3. The van der Waals surface area contributed by atoms with Gasteiger partial charge in [-0.25, -0.2) is 9.78 Å². The Labute approximate surface area is 112 Å². The number of anilines is 1. The molecule has 19 heavy (non-hydrogen) atoms. The first kappa shape index (κ1) is 13.1. The van der Waals surface area contributed by atoms with Gasteiger partial charge in [0.05, 0.1) is 0 Å². The van der Waals surface area contributed by atoms with Crippen molar-refractivity contribution in [3.63, 3.8) is 0 Å². The zero-order valence-electron chi connectivity index (χ0n) is 11.2. The third-order valence-electron chi connectivity index (χ3n) is 2.95. The highest BCUT2D eigenvalue weighted by atomic mass is 16.2. The summed E-state index contributed by atoms with van der Waals surface area (Å²) in [6.45, 7) is 8.29. The van der Waals surface area contributed by atoms with Crippen molar-refractivity contribution in [3.8, 4) is 0 Å². The maximum Gasteiger partial charge on any atom is 0.320 e. The van der Waals surface area contributed by atoms with E-state index in [1.54, 1.807) is 12.3 Å². The fourth-order valence-corrected chi connectivity index (χ4v) is 1.97. The summed E-state index contributed by atoms with van der Waals surface area (Å²) in [5.41, 5.74) is 2.18. The summed E-state index contributed by atoms with van der Waals surface area (Å²) in [5.74, 6) is 0.534. The minimum Gasteiger partial charge on any atom is -0.338 e. The molecule has 0 spiro atoms. The van der Waals surface area contributed by atoms with Gasteiger partial charge in [0.1, 0.15) is 5.82 Å². The quantitative estimate of drug-likeness (QED) is 0.883. The fourth-order valence-electron chi connectivity index (χ4n) is 1.97. The minimum atomic E-state index is -0.248. The monoisotopic (exact) mass is 255 g/mol. The number of hydrogen-bond donors (Lipinski definition) is 2. The lowest BCUT2D eigenvalue weighted by atomic mass is 10.0. The molecule has 1 aromatic carbocycles. The van der Waals surface area contributed by atoms with Gasteiger partial charge in [0, 0.05) is 18.1 Å². The van der Waals surface area contributed by atoms with Crippen LogP contribution in [-0.4, -0.2) is 17.6 Å². The Bertz CT molecular complexity index is 635. The third-order valence-corrected chi connectivity index (χ3v) is 2.95. The maximum absolute atomic E-state index is 11.5. The summed E-state index contributed by atoms with van der Waals surface area (Å²) in [7, 11) is 0. The van der Waals surface area contributed by atoms with Gasteiger partial charge in [-0.1, -0.05) is 24.8 Å². The van der Waals surface area contributed by atoms with Gasteiger partial charge in [-0.2, -0.15) is 0 Å². The molecule has 0 aliphatic carbocycles. The topological polar surface area (TPSA) is 54.0 Å². The first-order valence-electron chi connectivity index (χ1n) is 6.22. The number of aromatic nitrogens is 1. The molecule has 0 unspecified atom stereocenters. The number of nitrogens with zero attached hydrogens (tertiary/aromatic N) is 1. The zero-order chi connectivity index (χ0) is 13.8. The van der Waals surface area contributed by atoms with Crippen LogP contribution in [0.3, 0.4) is 0 Å². The molecule has 2 amide bonds. The standard InChI is InChI=1S/C15H17N3O/c1-4-11-7-6-10(3)13-9-17-14(8-12(11)13)18-15(19)16-5-2/h4,6-9H,1,5H2,2-3H3,(H2,16,17,18,19). The van der Waals surface area contributed by atoms with Crippen LogP contribution in [0.15, 0.2) is 31.0 Å². The lowest BCUT2D eigenvalue weighted by Crippen LogP contribution is -2.28. The van der Waals surface area contributed by atoms with Crippen molar-refractivity contribution in [2.24, 2.45) is 0 Å². The number of urea groups is 1. The van der Waals surface area contributed by atoms with Crippen LogP contribution in [0.1, 0.15) is 18.1 Å². The van der Waals surface area contributed by atoms with Crippen LogP contribution in [0, 0.1) is 6.92 Å². The van der Waals surface area contributed by atoms with Gasteiger partial charge in [0.25, 0.3) is 0 Å². The third kappa shape index (κ3) is 2.73. The van der Waals surface area contributed by atoms with Crippen molar-refractivity contribution in [3.05, 3.63) is 42.1 Å². The number of benzene rings is 1. The van der Waals surface area contributed by atoms with Crippen LogP contribution in [0.25, 0.3) is 16.8 Å². The second kappa shape index (κ2) is 5.52. The van der Waals surface area contributed by atoms with Crippen LogP contribution in [0.2, 0.25) is 0 Å². The number of amides is 2. The number of pyridine rings is 1. The molecule has 0 fully saturated rings. The molecule has 0 radical (unpaired) electrons. The second-order valence-corrected chi connectivity index (χ2v) is 4.28. The summed E-state index contributed by atoms with van der Waals surface area (Å²) < 4.78 is 0. The summed E-state index contributed by atoms with van der Waals surface area (Å²) in [4.78, 5) is 15.7. The lowest BCUT2D eigenvalue weighted by Gasteiger charge is -2.09. The van der Waals surface area contributed by atoms with Crippen LogP contribution in [-0.2, 0) is 0 Å². The molecule has 2 rings (SSSR count). The molecule has 0 saturated carbocycles. The molecule has 2 aromatic rings. The van der Waals surface area contributed by atoms with Crippen LogP contribution < -0.4 is 10.6 Å². The Morgan fingerprint density at radius 3 is 2.89 bits per heavy atom. The summed E-state index contributed by atoms with van der Waals surface area (Å²) in [5, 5.41) is 7.49. The normalized spacial score (nSPS) is 10.2. The van der Waals surface area contributed by atoms with Gasteiger partial charge < -0.3 is 5.32 Å². The van der Waals surface area contributed by atoms with E-state index in [0.29, 0.717) is 12.4 Å². The molecule has 1 aromatic heterocycles. The fraction of sp³-hybridized carbons (Fsp3) is 0.200. The van der Waals surface area contributed by atoms with Gasteiger partial charge in [0.15, 0.2) is 0 Å². The van der Waals surface area contributed by atoms with Crippen molar-refractivity contribution in [2.75, 3.05) is 11.9 Å². The van der Waals surface area contributed by atoms with E-state index in [1.807, 2.05) is 32.0 Å². The second-order valence-electron chi connectivity index (χ2n) is 4.28. The Morgan fingerprint density at radius 1 is 1.42 bits per heavy atom. The zero-order valence-corrected chi connectivity index (χ0v) is 11.2. The predicted molar refractivity (Wildman–Crippen MR) is 79.3 cm³/mol. The smallest absolute Gasteiger partial charge is 0.320 e. The molecule has 0 aliphatic heterocycles. The average molecular weight is 255 g/mol. The van der Waals surface area contributed by atoms with Crippen LogP contribution >= 0.6 is 0 Å². The van der Waals surface area contributed by atoms with E-state index in [0.717, 1.165) is 21.9 Å². The van der Waals surface area contributed by atoms with Crippen LogP contribution in [0.4, 0.5) is 10.6 Å². The number of hydrogen-bond acceptors (Lipinski definition) is 2. The maximum atomic E-state index is 11.5. The van der Waals surface area contributed by atoms with Crippen molar-refractivity contribution in [1.29, 1.82) is 0 Å². The predicted octanol–water partition coefficient (Wildman–Crippen LogP) is 3.33. The number of carbonyl (C=O) groups excluding carboxylic acids is 1. The molecule has 4 heteroatoms. The molecule has 0 atom stereocenters. The SMILES string of the molecule is C=Cc1ccc(C)c2cnc(NC(=O)NCC)cc12. The van der Waals surface area contributed by atoms with Gasteiger partial charge in [-0.15, -0.1) is 0 Å². The van der Waals surface area contributed by atoms with Gasteiger partial charge >= 0.3 is 6.03 Å². The highest BCUT2D eigenvalue weighted by Crippen LogP contribution is 2.24. The van der Waals surface area contributed by atoms with E-state index in [2.05, 4.69) is 22.2 Å². The van der Waals surface area contributed by atoms with E-state index < -0.39 is 0 Å². The van der Waals surface area contributed by atoms with E-state index in [4.69, 9.17) is 0 Å².